The first kappa shape index (κ1) is 13.2. The Morgan fingerprint density at radius 1 is 1.56 bits per heavy atom. The van der Waals surface area contributed by atoms with Gasteiger partial charge in [0.1, 0.15) is 5.75 Å². The van der Waals surface area contributed by atoms with Gasteiger partial charge in [-0.05, 0) is 31.1 Å². The summed E-state index contributed by atoms with van der Waals surface area (Å²) < 4.78 is 5.23. The highest BCUT2D eigenvalue weighted by atomic mass is 35.5. The van der Waals surface area contributed by atoms with Crippen LogP contribution in [-0.2, 0) is 11.3 Å². The van der Waals surface area contributed by atoms with E-state index < -0.39 is 0 Å². The number of halogens is 1. The molecule has 0 aromatic heterocycles. The maximum absolute atomic E-state index is 11.7. The average Bonchev–Trinajstić information content (AvgIpc) is 2.32. The van der Waals surface area contributed by atoms with Gasteiger partial charge in [-0.3, -0.25) is 4.79 Å². The van der Waals surface area contributed by atoms with Crippen molar-refractivity contribution in [2.45, 2.75) is 13.0 Å². The van der Waals surface area contributed by atoms with E-state index in [2.05, 4.69) is 10.6 Å². The molecular weight excluding hydrogens is 252 g/mol. The molecule has 98 valence electrons. The van der Waals surface area contributed by atoms with Gasteiger partial charge in [0.05, 0.1) is 7.11 Å². The molecule has 1 saturated heterocycles. The average molecular weight is 269 g/mol. The molecule has 1 aromatic carbocycles. The highest BCUT2D eigenvalue weighted by Crippen LogP contribution is 2.25. The zero-order chi connectivity index (χ0) is 13.0. The SMILES string of the molecule is COc1cccc(Cl)c1CNC(=O)CC1CNC1. The Kier molecular flexibility index (Phi) is 4.44. The van der Waals surface area contributed by atoms with Crippen LogP contribution in [0.3, 0.4) is 0 Å². The van der Waals surface area contributed by atoms with Crippen LogP contribution in [0.25, 0.3) is 0 Å². The summed E-state index contributed by atoms with van der Waals surface area (Å²) in [6.07, 6.45) is 0.569. The van der Waals surface area contributed by atoms with Crippen molar-refractivity contribution in [3.05, 3.63) is 28.8 Å². The zero-order valence-electron chi connectivity index (χ0n) is 10.3. The number of nitrogens with one attached hydrogen (secondary N) is 2. The lowest BCUT2D eigenvalue weighted by Gasteiger charge is -2.26. The second kappa shape index (κ2) is 6.07. The molecule has 1 aliphatic rings. The summed E-state index contributed by atoms with van der Waals surface area (Å²) in [4.78, 5) is 11.7. The van der Waals surface area contributed by atoms with E-state index in [9.17, 15) is 4.79 Å². The quantitative estimate of drug-likeness (QED) is 0.852. The lowest BCUT2D eigenvalue weighted by Crippen LogP contribution is -2.44. The number of hydrogen-bond acceptors (Lipinski definition) is 3. The van der Waals surface area contributed by atoms with Gasteiger partial charge in [0.25, 0.3) is 0 Å². The second-order valence-electron chi connectivity index (χ2n) is 4.43. The van der Waals surface area contributed by atoms with Gasteiger partial charge in [0.2, 0.25) is 5.91 Å². The first-order chi connectivity index (χ1) is 8.70. The fraction of sp³-hybridized carbons (Fsp3) is 0.462. The van der Waals surface area contributed by atoms with Crippen molar-refractivity contribution < 1.29 is 9.53 Å². The van der Waals surface area contributed by atoms with Crippen LogP contribution in [0.5, 0.6) is 5.75 Å². The number of hydrogen-bond donors (Lipinski definition) is 2. The van der Waals surface area contributed by atoms with Crippen molar-refractivity contribution in [3.63, 3.8) is 0 Å². The van der Waals surface area contributed by atoms with E-state index in [4.69, 9.17) is 16.3 Å². The number of ether oxygens (including phenoxy) is 1. The van der Waals surface area contributed by atoms with Gasteiger partial charge in [-0.25, -0.2) is 0 Å². The smallest absolute Gasteiger partial charge is 0.220 e. The van der Waals surface area contributed by atoms with Crippen molar-refractivity contribution in [3.8, 4) is 5.75 Å². The number of carbonyl (C=O) groups is 1. The summed E-state index contributed by atoms with van der Waals surface area (Å²) in [6.45, 7) is 2.27. The molecule has 4 nitrogen and oxygen atoms in total. The van der Waals surface area contributed by atoms with Crippen LogP contribution in [0.4, 0.5) is 0 Å². The maximum atomic E-state index is 11.7. The van der Waals surface area contributed by atoms with E-state index in [1.54, 1.807) is 13.2 Å². The minimum Gasteiger partial charge on any atom is -0.496 e. The third-order valence-electron chi connectivity index (χ3n) is 3.10. The number of amides is 1. The summed E-state index contributed by atoms with van der Waals surface area (Å²) in [6, 6.07) is 5.46. The van der Waals surface area contributed by atoms with E-state index in [1.807, 2.05) is 12.1 Å². The Hall–Kier alpha value is -1.26. The molecule has 2 N–H and O–H groups in total. The minimum absolute atomic E-state index is 0.0588. The molecule has 2 rings (SSSR count). The lowest BCUT2D eigenvalue weighted by molar-refractivity contribution is -0.122. The molecule has 0 saturated carbocycles. The van der Waals surface area contributed by atoms with Gasteiger partial charge < -0.3 is 15.4 Å². The first-order valence-corrected chi connectivity index (χ1v) is 6.37. The Morgan fingerprint density at radius 3 is 2.94 bits per heavy atom. The predicted molar refractivity (Wildman–Crippen MR) is 70.8 cm³/mol. The van der Waals surface area contributed by atoms with E-state index in [0.717, 1.165) is 18.7 Å². The van der Waals surface area contributed by atoms with Gasteiger partial charge in [-0.1, -0.05) is 17.7 Å². The molecule has 5 heteroatoms. The molecule has 1 aliphatic heterocycles. The van der Waals surface area contributed by atoms with Crippen molar-refractivity contribution in [1.29, 1.82) is 0 Å². The van der Waals surface area contributed by atoms with Gasteiger partial charge in [0.15, 0.2) is 0 Å². The topological polar surface area (TPSA) is 50.4 Å². The third-order valence-corrected chi connectivity index (χ3v) is 3.45. The summed E-state index contributed by atoms with van der Waals surface area (Å²) >= 11 is 6.09. The molecule has 0 bridgehead atoms. The summed E-state index contributed by atoms with van der Waals surface area (Å²) in [5.74, 6) is 1.23. The predicted octanol–water partition coefficient (Wildman–Crippen LogP) is 1.57. The van der Waals surface area contributed by atoms with Crippen LogP contribution in [0, 0.1) is 5.92 Å². The summed E-state index contributed by atoms with van der Waals surface area (Å²) in [7, 11) is 1.59. The Balaban J connectivity index is 1.90. The summed E-state index contributed by atoms with van der Waals surface area (Å²) in [5, 5.41) is 6.64. The zero-order valence-corrected chi connectivity index (χ0v) is 11.1. The Morgan fingerprint density at radius 2 is 2.33 bits per heavy atom. The van der Waals surface area contributed by atoms with Crippen molar-refractivity contribution >= 4 is 17.5 Å². The van der Waals surface area contributed by atoms with Crippen LogP contribution in [0.1, 0.15) is 12.0 Å². The fourth-order valence-corrected chi connectivity index (χ4v) is 2.15. The molecule has 0 aliphatic carbocycles. The number of benzene rings is 1. The number of carbonyl (C=O) groups excluding carboxylic acids is 1. The van der Waals surface area contributed by atoms with E-state index in [1.165, 1.54) is 0 Å². The Labute approximate surface area is 112 Å². The van der Waals surface area contributed by atoms with Crippen LogP contribution in [0.15, 0.2) is 18.2 Å². The van der Waals surface area contributed by atoms with Crippen LogP contribution in [0.2, 0.25) is 5.02 Å². The molecule has 1 aromatic rings. The largest absolute Gasteiger partial charge is 0.496 e. The number of methoxy groups -OCH3 is 1. The molecule has 0 atom stereocenters. The third kappa shape index (κ3) is 3.15. The highest BCUT2D eigenvalue weighted by Gasteiger charge is 2.20. The minimum atomic E-state index is 0.0588. The number of rotatable bonds is 5. The molecule has 1 heterocycles. The molecule has 18 heavy (non-hydrogen) atoms. The molecule has 0 unspecified atom stereocenters. The molecule has 1 fully saturated rings. The van der Waals surface area contributed by atoms with Crippen molar-refractivity contribution in [2.24, 2.45) is 5.92 Å². The van der Waals surface area contributed by atoms with E-state index >= 15 is 0 Å². The molecular formula is C13H17ClN2O2. The van der Waals surface area contributed by atoms with Crippen molar-refractivity contribution in [1.82, 2.24) is 10.6 Å². The van der Waals surface area contributed by atoms with Crippen LogP contribution in [-0.4, -0.2) is 26.1 Å². The lowest BCUT2D eigenvalue weighted by atomic mass is 9.99. The van der Waals surface area contributed by atoms with Gasteiger partial charge in [-0.2, -0.15) is 0 Å². The van der Waals surface area contributed by atoms with Crippen molar-refractivity contribution in [2.75, 3.05) is 20.2 Å². The summed E-state index contributed by atoms with van der Waals surface area (Å²) in [5.41, 5.74) is 0.821. The van der Waals surface area contributed by atoms with Crippen LogP contribution >= 0.6 is 11.6 Å². The standard InChI is InChI=1S/C13H17ClN2O2/c1-18-12-4-2-3-11(14)10(12)8-16-13(17)5-9-6-15-7-9/h2-4,9,15H,5-8H2,1H3,(H,16,17). The fourth-order valence-electron chi connectivity index (χ4n) is 1.92. The van der Waals surface area contributed by atoms with Crippen LogP contribution < -0.4 is 15.4 Å². The first-order valence-electron chi connectivity index (χ1n) is 5.99. The molecule has 1 amide bonds. The maximum Gasteiger partial charge on any atom is 0.220 e. The normalized spacial score (nSPS) is 15.0. The van der Waals surface area contributed by atoms with E-state index in [0.29, 0.717) is 29.7 Å². The monoisotopic (exact) mass is 268 g/mol. The molecule has 0 radical (unpaired) electrons. The van der Waals surface area contributed by atoms with Gasteiger partial charge in [-0.15, -0.1) is 0 Å². The van der Waals surface area contributed by atoms with Gasteiger partial charge in [0, 0.05) is 23.6 Å². The highest BCUT2D eigenvalue weighted by molar-refractivity contribution is 6.31. The molecule has 0 spiro atoms. The van der Waals surface area contributed by atoms with E-state index in [-0.39, 0.29) is 5.91 Å². The second-order valence-corrected chi connectivity index (χ2v) is 4.83. The van der Waals surface area contributed by atoms with Gasteiger partial charge >= 0.3 is 0 Å². The Bertz CT molecular complexity index is 433.